The molecule has 1 saturated heterocycles. The van der Waals surface area contributed by atoms with E-state index in [0.29, 0.717) is 26.2 Å². The summed E-state index contributed by atoms with van der Waals surface area (Å²) in [4.78, 5) is 24.7. The highest BCUT2D eigenvalue weighted by Crippen LogP contribution is 2.21. The Hall–Kier alpha value is -3.66. The van der Waals surface area contributed by atoms with Crippen LogP contribution >= 0.6 is 0 Å². The second kappa shape index (κ2) is 10.1. The summed E-state index contributed by atoms with van der Waals surface area (Å²) >= 11 is 0. The highest BCUT2D eigenvalue weighted by molar-refractivity contribution is 7.92. The molecule has 1 unspecified atom stereocenters. The second-order valence-corrected chi connectivity index (χ2v) is 9.92. The van der Waals surface area contributed by atoms with Crippen LogP contribution < -0.4 is 14.9 Å². The lowest BCUT2D eigenvalue weighted by Crippen LogP contribution is -2.52. The van der Waals surface area contributed by atoms with Crippen LogP contribution in [-0.2, 0) is 14.8 Å². The van der Waals surface area contributed by atoms with Gasteiger partial charge >= 0.3 is 0 Å². The van der Waals surface area contributed by atoms with Crippen molar-refractivity contribution in [1.29, 1.82) is 0 Å². The number of rotatable bonds is 7. The number of nitrogens with one attached hydrogen (secondary N) is 2. The topological polar surface area (TPSA) is 108 Å². The van der Waals surface area contributed by atoms with Gasteiger partial charge in [-0.1, -0.05) is 12.1 Å². The van der Waals surface area contributed by atoms with E-state index < -0.39 is 10.0 Å². The van der Waals surface area contributed by atoms with Gasteiger partial charge in [-0.15, -0.1) is 0 Å². The van der Waals surface area contributed by atoms with Gasteiger partial charge in [0.2, 0.25) is 5.91 Å². The Kier molecular flexibility index (Phi) is 6.97. The molecule has 1 atom stereocenters. The number of sulfonamides is 1. The number of carbonyl (C=O) groups is 1. The van der Waals surface area contributed by atoms with Crippen LogP contribution in [0.4, 0.5) is 17.2 Å². The van der Waals surface area contributed by atoms with Crippen molar-refractivity contribution in [2.45, 2.75) is 24.8 Å². The molecule has 34 heavy (non-hydrogen) atoms. The Morgan fingerprint density at radius 1 is 1.03 bits per heavy atom. The Balaban J connectivity index is 1.32. The molecular weight excluding hydrogens is 452 g/mol. The molecule has 1 amide bonds. The minimum absolute atomic E-state index is 0.0680. The third-order valence-electron chi connectivity index (χ3n) is 5.70. The number of hydrogen-bond donors (Lipinski definition) is 2. The van der Waals surface area contributed by atoms with Crippen LogP contribution in [-0.4, -0.2) is 61.4 Å². The van der Waals surface area contributed by atoms with Gasteiger partial charge in [0.15, 0.2) is 0 Å². The van der Waals surface area contributed by atoms with Crippen molar-refractivity contribution in [2.24, 2.45) is 0 Å². The van der Waals surface area contributed by atoms with Crippen molar-refractivity contribution < 1.29 is 13.2 Å². The minimum Gasteiger partial charge on any atom is -0.374 e. The molecule has 4 rings (SSSR count). The summed E-state index contributed by atoms with van der Waals surface area (Å²) in [6.45, 7) is 6.46. The van der Waals surface area contributed by atoms with Gasteiger partial charge in [0, 0.05) is 43.8 Å². The first-order chi connectivity index (χ1) is 16.3. The quantitative estimate of drug-likeness (QED) is 0.535. The Bertz CT molecular complexity index is 1230. The number of amides is 1. The fourth-order valence-corrected chi connectivity index (χ4v) is 4.90. The molecule has 1 fully saturated rings. The molecule has 2 heterocycles. The number of aryl methyl sites for hydroxylation is 1. The first-order valence-electron chi connectivity index (χ1n) is 11.1. The van der Waals surface area contributed by atoms with Crippen LogP contribution in [0, 0.1) is 6.92 Å². The predicted molar refractivity (Wildman–Crippen MR) is 132 cm³/mol. The standard InChI is InChI=1S/C24H28N6O3S/c1-18-4-3-5-20(16-18)27-19(2)24(31)30-14-12-29(13-15-30)21-6-8-22(9-7-21)34(32,33)28-23-10-11-25-17-26-23/h3-11,16-17,19,27H,12-15H2,1-2H3,(H,25,26,28). The summed E-state index contributed by atoms with van der Waals surface area (Å²) in [7, 11) is -3.74. The summed E-state index contributed by atoms with van der Waals surface area (Å²) in [6, 6.07) is 15.9. The molecule has 0 bridgehead atoms. The molecule has 3 aromatic rings. The number of piperazine rings is 1. The highest BCUT2D eigenvalue weighted by Gasteiger charge is 2.25. The van der Waals surface area contributed by atoms with Gasteiger partial charge in [0.25, 0.3) is 10.0 Å². The number of benzene rings is 2. The smallest absolute Gasteiger partial charge is 0.263 e. The molecule has 0 aliphatic carbocycles. The van der Waals surface area contributed by atoms with E-state index in [9.17, 15) is 13.2 Å². The van der Waals surface area contributed by atoms with E-state index in [2.05, 4.69) is 24.9 Å². The Morgan fingerprint density at radius 2 is 1.76 bits per heavy atom. The third-order valence-corrected chi connectivity index (χ3v) is 7.07. The molecular formula is C24H28N6O3S. The number of hydrogen-bond acceptors (Lipinski definition) is 7. The van der Waals surface area contributed by atoms with Crippen LogP contribution in [0.3, 0.4) is 0 Å². The average molecular weight is 481 g/mol. The third kappa shape index (κ3) is 5.63. The summed E-state index contributed by atoms with van der Waals surface area (Å²) < 4.78 is 27.6. The lowest BCUT2D eigenvalue weighted by atomic mass is 10.2. The van der Waals surface area contributed by atoms with Crippen molar-refractivity contribution in [3.63, 3.8) is 0 Å². The van der Waals surface area contributed by atoms with E-state index in [0.717, 1.165) is 16.9 Å². The molecule has 1 aromatic heterocycles. The lowest BCUT2D eigenvalue weighted by Gasteiger charge is -2.37. The number of aromatic nitrogens is 2. The molecule has 1 aliphatic rings. The molecule has 9 nitrogen and oxygen atoms in total. The predicted octanol–water partition coefficient (Wildman–Crippen LogP) is 2.74. The Morgan fingerprint density at radius 3 is 2.41 bits per heavy atom. The van der Waals surface area contributed by atoms with E-state index in [1.54, 1.807) is 24.3 Å². The van der Waals surface area contributed by atoms with Gasteiger partial charge in [-0.25, -0.2) is 18.4 Å². The number of nitrogens with zero attached hydrogens (tertiary/aromatic N) is 4. The van der Waals surface area contributed by atoms with Crippen molar-refractivity contribution in [2.75, 3.05) is 41.1 Å². The van der Waals surface area contributed by atoms with E-state index >= 15 is 0 Å². The lowest BCUT2D eigenvalue weighted by molar-refractivity contribution is -0.131. The summed E-state index contributed by atoms with van der Waals surface area (Å²) in [5, 5.41) is 3.28. The fraction of sp³-hybridized carbons (Fsp3) is 0.292. The van der Waals surface area contributed by atoms with E-state index in [1.807, 2.05) is 43.0 Å². The molecule has 2 N–H and O–H groups in total. The van der Waals surface area contributed by atoms with Gasteiger partial charge in [-0.2, -0.15) is 0 Å². The van der Waals surface area contributed by atoms with Crippen molar-refractivity contribution in [3.8, 4) is 0 Å². The molecule has 2 aromatic carbocycles. The second-order valence-electron chi connectivity index (χ2n) is 8.24. The molecule has 0 radical (unpaired) electrons. The maximum Gasteiger partial charge on any atom is 0.263 e. The zero-order valence-corrected chi connectivity index (χ0v) is 20.0. The average Bonchev–Trinajstić information content (AvgIpc) is 2.84. The molecule has 0 spiro atoms. The van der Waals surface area contributed by atoms with Gasteiger partial charge in [0.05, 0.1) is 4.90 Å². The molecule has 1 aliphatic heterocycles. The van der Waals surface area contributed by atoms with Crippen molar-refractivity contribution in [1.82, 2.24) is 14.9 Å². The van der Waals surface area contributed by atoms with Gasteiger partial charge in [-0.05, 0) is 61.9 Å². The molecule has 10 heteroatoms. The van der Waals surface area contributed by atoms with E-state index in [4.69, 9.17) is 0 Å². The highest BCUT2D eigenvalue weighted by atomic mass is 32.2. The largest absolute Gasteiger partial charge is 0.374 e. The van der Waals surface area contributed by atoms with Crippen LogP contribution in [0.25, 0.3) is 0 Å². The zero-order valence-electron chi connectivity index (χ0n) is 19.2. The van der Waals surface area contributed by atoms with Crippen LogP contribution in [0.5, 0.6) is 0 Å². The zero-order chi connectivity index (χ0) is 24.1. The number of anilines is 3. The van der Waals surface area contributed by atoms with Crippen LogP contribution in [0.2, 0.25) is 0 Å². The maximum atomic E-state index is 12.9. The Labute approximate surface area is 199 Å². The van der Waals surface area contributed by atoms with Gasteiger partial charge in [0.1, 0.15) is 18.2 Å². The van der Waals surface area contributed by atoms with Gasteiger partial charge < -0.3 is 15.1 Å². The van der Waals surface area contributed by atoms with E-state index in [1.165, 1.54) is 18.6 Å². The summed E-state index contributed by atoms with van der Waals surface area (Å²) in [5.41, 5.74) is 2.99. The van der Waals surface area contributed by atoms with Crippen LogP contribution in [0.15, 0.2) is 72.0 Å². The normalized spacial score (nSPS) is 15.0. The fourth-order valence-electron chi connectivity index (χ4n) is 3.89. The minimum atomic E-state index is -3.74. The summed E-state index contributed by atoms with van der Waals surface area (Å²) in [6.07, 6.45) is 2.75. The summed E-state index contributed by atoms with van der Waals surface area (Å²) in [5.74, 6) is 0.282. The first-order valence-corrected chi connectivity index (χ1v) is 12.6. The first kappa shape index (κ1) is 23.5. The van der Waals surface area contributed by atoms with Crippen molar-refractivity contribution >= 4 is 33.1 Å². The van der Waals surface area contributed by atoms with Crippen molar-refractivity contribution in [3.05, 3.63) is 72.7 Å². The number of carbonyl (C=O) groups excluding carboxylic acids is 1. The molecule has 0 saturated carbocycles. The monoisotopic (exact) mass is 480 g/mol. The van der Waals surface area contributed by atoms with Crippen LogP contribution in [0.1, 0.15) is 12.5 Å². The SMILES string of the molecule is Cc1cccc(NC(C)C(=O)N2CCN(c3ccc(S(=O)(=O)Nc4ccncn4)cc3)CC2)c1. The van der Waals surface area contributed by atoms with E-state index in [-0.39, 0.29) is 22.7 Å². The van der Waals surface area contributed by atoms with Gasteiger partial charge in [-0.3, -0.25) is 9.52 Å². The molecule has 178 valence electrons. The maximum absolute atomic E-state index is 12.9.